The highest BCUT2D eigenvalue weighted by molar-refractivity contribution is 7.99. The molecule has 23 heavy (non-hydrogen) atoms. The Morgan fingerprint density at radius 2 is 1.96 bits per heavy atom. The molecule has 0 spiro atoms. The number of benzene rings is 2. The third-order valence-corrected chi connectivity index (χ3v) is 4.25. The van der Waals surface area contributed by atoms with Crippen LogP contribution in [0.3, 0.4) is 0 Å². The maximum absolute atomic E-state index is 11.8. The highest BCUT2D eigenvalue weighted by Crippen LogP contribution is 2.32. The Bertz CT molecular complexity index is 701. The van der Waals surface area contributed by atoms with Crippen LogP contribution in [0, 0.1) is 0 Å². The van der Waals surface area contributed by atoms with Crippen LogP contribution in [0.25, 0.3) is 6.08 Å². The number of fused-ring (bicyclic) bond motifs is 1. The number of rotatable bonds is 6. The summed E-state index contributed by atoms with van der Waals surface area (Å²) in [6, 6.07) is 15.7. The van der Waals surface area contributed by atoms with E-state index in [0.29, 0.717) is 12.3 Å². The largest absolute Gasteiger partial charge is 0.454 e. The quantitative estimate of drug-likeness (QED) is 0.502. The summed E-state index contributed by atoms with van der Waals surface area (Å²) in [5.74, 6) is 2.20. The molecular weight excluding hydrogens is 310 g/mol. The molecule has 0 saturated heterocycles. The Morgan fingerprint density at radius 3 is 2.83 bits per heavy atom. The molecule has 118 valence electrons. The van der Waals surface area contributed by atoms with Crippen molar-refractivity contribution < 1.29 is 14.3 Å². The van der Waals surface area contributed by atoms with E-state index in [0.717, 1.165) is 17.1 Å². The molecule has 1 N–H and O–H groups in total. The van der Waals surface area contributed by atoms with Crippen LogP contribution in [0.5, 0.6) is 11.5 Å². The van der Waals surface area contributed by atoms with E-state index in [1.807, 2.05) is 36.4 Å². The normalized spacial score (nSPS) is 12.5. The minimum Gasteiger partial charge on any atom is -0.454 e. The Kier molecular flexibility index (Phi) is 5.21. The van der Waals surface area contributed by atoms with E-state index in [4.69, 9.17) is 9.47 Å². The van der Waals surface area contributed by atoms with E-state index in [1.54, 1.807) is 17.8 Å². The predicted octanol–water partition coefficient (Wildman–Crippen LogP) is 3.34. The topological polar surface area (TPSA) is 47.6 Å². The molecule has 1 aliphatic heterocycles. The summed E-state index contributed by atoms with van der Waals surface area (Å²) in [6.07, 6.45) is 3.30. The highest BCUT2D eigenvalue weighted by Gasteiger charge is 2.12. The van der Waals surface area contributed by atoms with Gasteiger partial charge < -0.3 is 14.8 Å². The van der Waals surface area contributed by atoms with E-state index in [-0.39, 0.29) is 12.7 Å². The van der Waals surface area contributed by atoms with E-state index >= 15 is 0 Å². The SMILES string of the molecule is O=C(C=Cc1ccc2c(c1)OCO2)NCCSc1ccccc1. The van der Waals surface area contributed by atoms with Gasteiger partial charge in [-0.1, -0.05) is 24.3 Å². The molecule has 0 saturated carbocycles. The fourth-order valence-corrected chi connectivity index (χ4v) is 2.90. The number of ether oxygens (including phenoxy) is 2. The summed E-state index contributed by atoms with van der Waals surface area (Å²) < 4.78 is 10.6. The van der Waals surface area contributed by atoms with Crippen molar-refractivity contribution in [3.63, 3.8) is 0 Å². The Labute approximate surface area is 139 Å². The summed E-state index contributed by atoms with van der Waals surface area (Å²) in [7, 11) is 0. The van der Waals surface area contributed by atoms with Crippen molar-refractivity contribution in [3.8, 4) is 11.5 Å². The molecule has 3 rings (SSSR count). The van der Waals surface area contributed by atoms with Gasteiger partial charge in [0, 0.05) is 23.3 Å². The zero-order chi connectivity index (χ0) is 15.9. The number of carbonyl (C=O) groups excluding carboxylic acids is 1. The number of hydrogen-bond donors (Lipinski definition) is 1. The van der Waals surface area contributed by atoms with Crippen LogP contribution in [0.15, 0.2) is 59.5 Å². The molecule has 2 aromatic carbocycles. The smallest absolute Gasteiger partial charge is 0.244 e. The minimum absolute atomic E-state index is 0.101. The van der Waals surface area contributed by atoms with E-state index in [2.05, 4.69) is 17.4 Å². The van der Waals surface area contributed by atoms with E-state index in [1.165, 1.54) is 11.0 Å². The van der Waals surface area contributed by atoms with Crippen LogP contribution in [-0.2, 0) is 4.79 Å². The van der Waals surface area contributed by atoms with Gasteiger partial charge in [-0.25, -0.2) is 0 Å². The Morgan fingerprint density at radius 1 is 1.13 bits per heavy atom. The summed E-state index contributed by atoms with van der Waals surface area (Å²) in [6.45, 7) is 0.881. The van der Waals surface area contributed by atoms with E-state index < -0.39 is 0 Å². The van der Waals surface area contributed by atoms with Crippen molar-refractivity contribution >= 4 is 23.7 Å². The average Bonchev–Trinajstić information content (AvgIpc) is 3.05. The first-order valence-corrected chi connectivity index (χ1v) is 8.33. The van der Waals surface area contributed by atoms with Gasteiger partial charge in [0.05, 0.1) is 0 Å². The first-order valence-electron chi connectivity index (χ1n) is 7.35. The third kappa shape index (κ3) is 4.53. The summed E-state index contributed by atoms with van der Waals surface area (Å²) >= 11 is 1.72. The third-order valence-electron chi connectivity index (χ3n) is 3.24. The van der Waals surface area contributed by atoms with Gasteiger partial charge >= 0.3 is 0 Å². The standard InChI is InChI=1S/C18H17NO3S/c20-18(19-10-11-23-15-4-2-1-3-5-15)9-7-14-6-8-16-17(12-14)22-13-21-16/h1-9,12H,10-11,13H2,(H,19,20). The molecule has 0 atom stereocenters. The van der Waals surface area contributed by atoms with Gasteiger partial charge in [0.15, 0.2) is 11.5 Å². The fraction of sp³-hybridized carbons (Fsp3) is 0.167. The zero-order valence-corrected chi connectivity index (χ0v) is 13.3. The van der Waals surface area contributed by atoms with Crippen LogP contribution in [0.1, 0.15) is 5.56 Å². The van der Waals surface area contributed by atoms with Crippen molar-refractivity contribution in [2.75, 3.05) is 19.1 Å². The molecule has 1 heterocycles. The van der Waals surface area contributed by atoms with Gasteiger partial charge in [-0.15, -0.1) is 11.8 Å². The lowest BCUT2D eigenvalue weighted by Gasteiger charge is -2.02. The predicted molar refractivity (Wildman–Crippen MR) is 91.8 cm³/mol. The molecule has 4 nitrogen and oxygen atoms in total. The molecule has 1 amide bonds. The second-order valence-corrected chi connectivity index (χ2v) is 6.07. The minimum atomic E-state index is -0.101. The number of amides is 1. The molecule has 0 fully saturated rings. The first-order chi connectivity index (χ1) is 11.3. The zero-order valence-electron chi connectivity index (χ0n) is 12.5. The van der Waals surface area contributed by atoms with Crippen LogP contribution < -0.4 is 14.8 Å². The monoisotopic (exact) mass is 327 g/mol. The van der Waals surface area contributed by atoms with E-state index in [9.17, 15) is 4.79 Å². The van der Waals surface area contributed by atoms with Gasteiger partial charge in [0.1, 0.15) is 0 Å². The van der Waals surface area contributed by atoms with Crippen LogP contribution in [0.4, 0.5) is 0 Å². The molecule has 0 radical (unpaired) electrons. The molecule has 0 bridgehead atoms. The average molecular weight is 327 g/mol. The number of nitrogens with one attached hydrogen (secondary N) is 1. The summed E-state index contributed by atoms with van der Waals surface area (Å²) in [4.78, 5) is 13.0. The number of thioether (sulfide) groups is 1. The second kappa shape index (κ2) is 7.74. The second-order valence-electron chi connectivity index (χ2n) is 4.90. The molecule has 2 aromatic rings. The molecule has 0 unspecified atom stereocenters. The maximum Gasteiger partial charge on any atom is 0.244 e. The lowest BCUT2D eigenvalue weighted by Crippen LogP contribution is -2.23. The first kappa shape index (κ1) is 15.5. The number of carbonyl (C=O) groups is 1. The van der Waals surface area contributed by atoms with Gasteiger partial charge in [0.2, 0.25) is 12.7 Å². The van der Waals surface area contributed by atoms with Crippen molar-refractivity contribution in [2.24, 2.45) is 0 Å². The van der Waals surface area contributed by atoms with Gasteiger partial charge in [-0.3, -0.25) is 4.79 Å². The van der Waals surface area contributed by atoms with Crippen LogP contribution in [0.2, 0.25) is 0 Å². The highest BCUT2D eigenvalue weighted by atomic mass is 32.2. The van der Waals surface area contributed by atoms with Gasteiger partial charge in [-0.2, -0.15) is 0 Å². The van der Waals surface area contributed by atoms with Crippen LogP contribution >= 0.6 is 11.8 Å². The van der Waals surface area contributed by atoms with Crippen molar-refractivity contribution in [1.82, 2.24) is 5.32 Å². The molecular formula is C18H17NO3S. The van der Waals surface area contributed by atoms with Crippen molar-refractivity contribution in [3.05, 3.63) is 60.2 Å². The Hall–Kier alpha value is -2.40. The molecule has 0 aromatic heterocycles. The lowest BCUT2D eigenvalue weighted by atomic mass is 10.2. The van der Waals surface area contributed by atoms with Crippen LogP contribution in [-0.4, -0.2) is 25.0 Å². The summed E-state index contributed by atoms with van der Waals surface area (Å²) in [5.41, 5.74) is 0.906. The number of hydrogen-bond acceptors (Lipinski definition) is 4. The summed E-state index contributed by atoms with van der Waals surface area (Å²) in [5, 5.41) is 2.87. The molecule has 1 aliphatic rings. The molecule has 0 aliphatic carbocycles. The van der Waals surface area contributed by atoms with Crippen molar-refractivity contribution in [2.45, 2.75) is 4.90 Å². The Balaban J connectivity index is 1.42. The lowest BCUT2D eigenvalue weighted by molar-refractivity contribution is -0.116. The van der Waals surface area contributed by atoms with Gasteiger partial charge in [-0.05, 0) is 35.9 Å². The fourth-order valence-electron chi connectivity index (χ4n) is 2.11. The van der Waals surface area contributed by atoms with Crippen molar-refractivity contribution in [1.29, 1.82) is 0 Å². The maximum atomic E-state index is 11.8. The molecule has 5 heteroatoms. The van der Waals surface area contributed by atoms with Gasteiger partial charge in [0.25, 0.3) is 0 Å².